The Bertz CT molecular complexity index is 559. The molecule has 4 nitrogen and oxygen atoms in total. The Morgan fingerprint density at radius 3 is 2.76 bits per heavy atom. The van der Waals surface area contributed by atoms with Crippen molar-refractivity contribution >= 4 is 17.5 Å². The van der Waals surface area contributed by atoms with Gasteiger partial charge in [0.15, 0.2) is 0 Å². The number of hydrogen-bond donors (Lipinski definition) is 2. The molecule has 0 aliphatic carbocycles. The number of amides is 1. The normalized spacial score (nSPS) is 10.7. The molecule has 0 heterocycles. The Labute approximate surface area is 131 Å². The number of benzene rings is 1. The van der Waals surface area contributed by atoms with Crippen LogP contribution in [0.15, 0.2) is 18.2 Å². The van der Waals surface area contributed by atoms with E-state index in [1.165, 1.54) is 0 Å². The third kappa shape index (κ3) is 5.76. The summed E-state index contributed by atoms with van der Waals surface area (Å²) in [6, 6.07) is 5.01. The second-order valence-corrected chi connectivity index (χ2v) is 5.48. The monoisotopic (exact) mass is 308 g/mol. The van der Waals surface area contributed by atoms with Crippen LogP contribution in [0.4, 0.5) is 0 Å². The molecular formula is C16H21ClN2O2. The van der Waals surface area contributed by atoms with Crippen molar-refractivity contribution in [3.63, 3.8) is 0 Å². The molecule has 21 heavy (non-hydrogen) atoms. The van der Waals surface area contributed by atoms with E-state index in [0.717, 1.165) is 0 Å². The molecule has 1 rings (SSSR count). The van der Waals surface area contributed by atoms with Crippen LogP contribution in [0.5, 0.6) is 0 Å². The van der Waals surface area contributed by atoms with Gasteiger partial charge in [-0.15, -0.1) is 0 Å². The van der Waals surface area contributed by atoms with Gasteiger partial charge in [-0.05, 0) is 39.0 Å². The molecule has 1 aromatic carbocycles. The molecule has 1 amide bonds. The SMILES string of the molecule is CCOC(C)(C)CNC(=O)c1ccc(C#CCN)c(Cl)c1. The van der Waals surface area contributed by atoms with Crippen molar-refractivity contribution in [1.82, 2.24) is 5.32 Å². The largest absolute Gasteiger partial charge is 0.374 e. The van der Waals surface area contributed by atoms with Crippen LogP contribution in [0.3, 0.4) is 0 Å². The van der Waals surface area contributed by atoms with Gasteiger partial charge in [-0.3, -0.25) is 4.79 Å². The first-order valence-corrected chi connectivity index (χ1v) is 7.18. The summed E-state index contributed by atoms with van der Waals surface area (Å²) < 4.78 is 5.53. The molecule has 0 spiro atoms. The predicted octanol–water partition coefficient (Wildman–Crippen LogP) is 2.20. The van der Waals surface area contributed by atoms with E-state index in [1.54, 1.807) is 18.2 Å². The third-order valence-electron chi connectivity index (χ3n) is 2.77. The summed E-state index contributed by atoms with van der Waals surface area (Å²) >= 11 is 6.10. The highest BCUT2D eigenvalue weighted by molar-refractivity contribution is 6.32. The highest BCUT2D eigenvalue weighted by atomic mass is 35.5. The van der Waals surface area contributed by atoms with Gasteiger partial charge in [0.05, 0.1) is 17.2 Å². The minimum Gasteiger partial charge on any atom is -0.374 e. The van der Waals surface area contributed by atoms with Crippen molar-refractivity contribution in [2.75, 3.05) is 19.7 Å². The molecule has 3 N–H and O–H groups in total. The van der Waals surface area contributed by atoms with Gasteiger partial charge in [0.25, 0.3) is 5.91 Å². The number of nitrogens with two attached hydrogens (primary N) is 1. The summed E-state index contributed by atoms with van der Waals surface area (Å²) in [5.41, 5.74) is 6.07. The van der Waals surface area contributed by atoms with Crippen LogP contribution in [0, 0.1) is 11.8 Å². The molecule has 0 bridgehead atoms. The third-order valence-corrected chi connectivity index (χ3v) is 3.08. The maximum absolute atomic E-state index is 12.1. The van der Waals surface area contributed by atoms with E-state index in [0.29, 0.717) is 29.3 Å². The Balaban J connectivity index is 2.73. The summed E-state index contributed by atoms with van der Waals surface area (Å²) in [5.74, 6) is 5.39. The van der Waals surface area contributed by atoms with E-state index in [1.807, 2.05) is 20.8 Å². The van der Waals surface area contributed by atoms with Gasteiger partial charge in [-0.2, -0.15) is 0 Å². The van der Waals surface area contributed by atoms with E-state index in [9.17, 15) is 4.79 Å². The first-order chi connectivity index (χ1) is 9.89. The van der Waals surface area contributed by atoms with Gasteiger partial charge < -0.3 is 15.8 Å². The van der Waals surface area contributed by atoms with Crippen LogP contribution in [0.2, 0.25) is 5.02 Å². The second-order valence-electron chi connectivity index (χ2n) is 5.08. The van der Waals surface area contributed by atoms with Crippen LogP contribution in [0.1, 0.15) is 36.7 Å². The van der Waals surface area contributed by atoms with E-state index in [2.05, 4.69) is 17.2 Å². The Morgan fingerprint density at radius 2 is 2.19 bits per heavy atom. The number of carbonyl (C=O) groups is 1. The molecule has 0 atom stereocenters. The summed E-state index contributed by atoms with van der Waals surface area (Å²) in [7, 11) is 0. The molecular weight excluding hydrogens is 288 g/mol. The molecule has 0 unspecified atom stereocenters. The fourth-order valence-corrected chi connectivity index (χ4v) is 1.97. The van der Waals surface area contributed by atoms with E-state index in [-0.39, 0.29) is 12.5 Å². The zero-order chi connectivity index (χ0) is 15.9. The standard InChI is InChI=1S/C16H21ClN2O2/c1-4-21-16(2,3)11-19-15(20)13-8-7-12(6-5-9-18)14(17)10-13/h7-8,10H,4,9,11,18H2,1-3H3,(H,19,20). The van der Waals surface area contributed by atoms with Gasteiger partial charge in [-0.1, -0.05) is 23.4 Å². The van der Waals surface area contributed by atoms with Crippen LogP contribution in [-0.4, -0.2) is 31.2 Å². The lowest BCUT2D eigenvalue weighted by atomic mass is 10.1. The lowest BCUT2D eigenvalue weighted by Crippen LogP contribution is -2.40. The van der Waals surface area contributed by atoms with Crippen molar-refractivity contribution in [1.29, 1.82) is 0 Å². The fraction of sp³-hybridized carbons (Fsp3) is 0.438. The summed E-state index contributed by atoms with van der Waals surface area (Å²) in [6.45, 7) is 7.06. The van der Waals surface area contributed by atoms with Gasteiger partial charge in [0.2, 0.25) is 0 Å². The molecule has 0 aliphatic rings. The fourth-order valence-electron chi connectivity index (χ4n) is 1.74. The van der Waals surface area contributed by atoms with Crippen LogP contribution < -0.4 is 11.1 Å². The number of rotatable bonds is 5. The molecule has 0 saturated carbocycles. The molecule has 0 saturated heterocycles. The van der Waals surface area contributed by atoms with Gasteiger partial charge >= 0.3 is 0 Å². The lowest BCUT2D eigenvalue weighted by molar-refractivity contribution is -0.00815. The van der Waals surface area contributed by atoms with E-state index < -0.39 is 5.60 Å². The molecule has 1 aromatic rings. The van der Waals surface area contributed by atoms with Crippen molar-refractivity contribution in [3.8, 4) is 11.8 Å². The molecule has 5 heteroatoms. The number of halogens is 1. The smallest absolute Gasteiger partial charge is 0.251 e. The average Bonchev–Trinajstić information content (AvgIpc) is 2.43. The van der Waals surface area contributed by atoms with E-state index >= 15 is 0 Å². The molecule has 0 aliphatic heterocycles. The van der Waals surface area contributed by atoms with Crippen molar-refractivity contribution in [2.45, 2.75) is 26.4 Å². The maximum atomic E-state index is 12.1. The van der Waals surface area contributed by atoms with Crippen LogP contribution in [0.25, 0.3) is 0 Å². The minimum atomic E-state index is -0.402. The lowest BCUT2D eigenvalue weighted by Gasteiger charge is -2.24. The number of hydrogen-bond acceptors (Lipinski definition) is 3. The first kappa shape index (κ1) is 17.5. The predicted molar refractivity (Wildman–Crippen MR) is 85.4 cm³/mol. The van der Waals surface area contributed by atoms with Gasteiger partial charge in [0, 0.05) is 24.3 Å². The summed E-state index contributed by atoms with van der Waals surface area (Å²) in [6.07, 6.45) is 0. The molecule has 0 aromatic heterocycles. The highest BCUT2D eigenvalue weighted by Crippen LogP contribution is 2.17. The summed E-state index contributed by atoms with van der Waals surface area (Å²) in [5, 5.41) is 3.27. The number of carbonyl (C=O) groups excluding carboxylic acids is 1. The Hall–Kier alpha value is -1.54. The van der Waals surface area contributed by atoms with Crippen molar-refractivity contribution < 1.29 is 9.53 Å². The van der Waals surface area contributed by atoms with Crippen molar-refractivity contribution in [2.24, 2.45) is 5.73 Å². The van der Waals surface area contributed by atoms with Crippen molar-refractivity contribution in [3.05, 3.63) is 34.3 Å². The minimum absolute atomic E-state index is 0.192. The zero-order valence-corrected chi connectivity index (χ0v) is 13.4. The van der Waals surface area contributed by atoms with Crippen LogP contribution in [-0.2, 0) is 4.74 Å². The molecule has 114 valence electrons. The zero-order valence-electron chi connectivity index (χ0n) is 12.6. The van der Waals surface area contributed by atoms with Crippen LogP contribution >= 0.6 is 11.6 Å². The van der Waals surface area contributed by atoms with E-state index in [4.69, 9.17) is 22.1 Å². The van der Waals surface area contributed by atoms with Gasteiger partial charge in [0.1, 0.15) is 0 Å². The average molecular weight is 309 g/mol. The Kier molecular flexibility index (Phi) is 6.70. The summed E-state index contributed by atoms with van der Waals surface area (Å²) in [4.78, 5) is 12.1. The number of ether oxygens (including phenoxy) is 1. The molecule has 0 radical (unpaired) electrons. The first-order valence-electron chi connectivity index (χ1n) is 6.80. The second kappa shape index (κ2) is 8.04. The molecule has 0 fully saturated rings. The Morgan fingerprint density at radius 1 is 1.48 bits per heavy atom. The quantitative estimate of drug-likeness (QED) is 0.820. The maximum Gasteiger partial charge on any atom is 0.251 e. The van der Waals surface area contributed by atoms with Gasteiger partial charge in [-0.25, -0.2) is 0 Å². The number of nitrogens with one attached hydrogen (secondary N) is 1. The highest BCUT2D eigenvalue weighted by Gasteiger charge is 2.19. The topological polar surface area (TPSA) is 64.3 Å².